The van der Waals surface area contributed by atoms with Crippen LogP contribution in [0.5, 0.6) is 0 Å². The van der Waals surface area contributed by atoms with E-state index >= 15 is 0 Å². The summed E-state index contributed by atoms with van der Waals surface area (Å²) in [5, 5.41) is 8.75. The van der Waals surface area contributed by atoms with Crippen molar-refractivity contribution in [1.82, 2.24) is 0 Å². The minimum atomic E-state index is 0.372. The minimum Gasteiger partial charge on any atom is -0.396 e. The van der Waals surface area contributed by atoms with E-state index in [-0.39, 0.29) is 0 Å². The molecule has 21 heavy (non-hydrogen) atoms. The van der Waals surface area contributed by atoms with E-state index in [0.717, 1.165) is 32.5 Å². The van der Waals surface area contributed by atoms with Crippen LogP contribution in [0.25, 0.3) is 0 Å². The third-order valence-electron chi connectivity index (χ3n) is 3.44. The van der Waals surface area contributed by atoms with E-state index in [2.05, 4.69) is 41.5 Å². The maximum Gasteiger partial charge on any atom is 0.0824 e. The summed E-state index contributed by atoms with van der Waals surface area (Å²) in [4.78, 5) is 9.99. The first-order valence-corrected chi connectivity index (χ1v) is 8.83. The van der Waals surface area contributed by atoms with Crippen LogP contribution >= 0.6 is 0 Å². The normalized spacial score (nSPS) is 12.4. The zero-order chi connectivity index (χ0) is 16.5. The molecule has 3 nitrogen and oxygen atoms in total. The highest BCUT2D eigenvalue weighted by atomic mass is 17.2. The molecule has 0 aromatic carbocycles. The van der Waals surface area contributed by atoms with Crippen LogP contribution in [0, 0.1) is 17.8 Å². The van der Waals surface area contributed by atoms with Gasteiger partial charge in [-0.15, -0.1) is 0 Å². The van der Waals surface area contributed by atoms with Gasteiger partial charge in [-0.3, -0.25) is 0 Å². The molecule has 0 radical (unpaired) electrons. The summed E-state index contributed by atoms with van der Waals surface area (Å²) >= 11 is 0. The quantitative estimate of drug-likeness (QED) is 0.305. The number of aliphatic hydroxyl groups excluding tert-OH is 1. The molecule has 1 atom stereocenters. The van der Waals surface area contributed by atoms with Gasteiger partial charge in [-0.05, 0) is 37.0 Å². The average molecular weight is 305 g/mol. The van der Waals surface area contributed by atoms with Crippen LogP contribution in [0.2, 0.25) is 0 Å². The van der Waals surface area contributed by atoms with Crippen LogP contribution in [0.15, 0.2) is 0 Å². The van der Waals surface area contributed by atoms with Gasteiger partial charge in [0.15, 0.2) is 0 Å². The zero-order valence-electron chi connectivity index (χ0n) is 15.4. The minimum absolute atomic E-state index is 0.372. The average Bonchev–Trinajstić information content (AvgIpc) is 2.44. The topological polar surface area (TPSA) is 38.7 Å². The first-order chi connectivity index (χ1) is 9.97. The van der Waals surface area contributed by atoms with Crippen molar-refractivity contribution in [3.63, 3.8) is 0 Å². The Labute approximate surface area is 133 Å². The lowest BCUT2D eigenvalue weighted by Crippen LogP contribution is -2.03. The van der Waals surface area contributed by atoms with E-state index in [1.54, 1.807) is 0 Å². The van der Waals surface area contributed by atoms with Gasteiger partial charge in [0.25, 0.3) is 0 Å². The third kappa shape index (κ3) is 22.3. The van der Waals surface area contributed by atoms with Gasteiger partial charge in [-0.2, -0.15) is 0 Å². The van der Waals surface area contributed by atoms with Gasteiger partial charge in [0.1, 0.15) is 0 Å². The standard InChI is InChI=1S/C10H22O2.C8H18O/c1-9(2)5-7-11-12-8-6-10(3)4;1-3-5-6-8(4-2)7-9/h9-10H,5-8H2,1-4H3;8-9H,3-7H2,1-2H3. The Hall–Kier alpha value is -0.120. The fourth-order valence-corrected chi connectivity index (χ4v) is 1.60. The lowest BCUT2D eigenvalue weighted by molar-refractivity contribution is -0.297. The van der Waals surface area contributed by atoms with Crippen molar-refractivity contribution in [2.45, 2.75) is 80.1 Å². The lowest BCUT2D eigenvalue weighted by Gasteiger charge is -2.08. The molecule has 0 aliphatic rings. The molecule has 1 unspecified atom stereocenters. The van der Waals surface area contributed by atoms with Crippen molar-refractivity contribution in [2.75, 3.05) is 19.8 Å². The summed E-state index contributed by atoms with van der Waals surface area (Å²) in [6.07, 6.45) is 6.97. The van der Waals surface area contributed by atoms with Gasteiger partial charge in [0.05, 0.1) is 13.2 Å². The number of unbranched alkanes of at least 4 members (excludes halogenated alkanes) is 1. The molecule has 0 rings (SSSR count). The fraction of sp³-hybridized carbons (Fsp3) is 1.00. The molecule has 0 aliphatic carbocycles. The Morgan fingerprint density at radius 1 is 0.810 bits per heavy atom. The number of hydrogen-bond donors (Lipinski definition) is 1. The fourth-order valence-electron chi connectivity index (χ4n) is 1.60. The van der Waals surface area contributed by atoms with E-state index in [0.29, 0.717) is 24.4 Å². The number of aliphatic hydroxyl groups is 1. The molecule has 0 saturated heterocycles. The van der Waals surface area contributed by atoms with Gasteiger partial charge in [0.2, 0.25) is 0 Å². The van der Waals surface area contributed by atoms with Crippen LogP contribution in [-0.4, -0.2) is 24.9 Å². The third-order valence-corrected chi connectivity index (χ3v) is 3.44. The summed E-state index contributed by atoms with van der Waals surface area (Å²) in [7, 11) is 0. The molecule has 0 aromatic rings. The highest BCUT2D eigenvalue weighted by Gasteiger charge is 2.01. The monoisotopic (exact) mass is 304 g/mol. The van der Waals surface area contributed by atoms with E-state index in [4.69, 9.17) is 14.9 Å². The zero-order valence-corrected chi connectivity index (χ0v) is 15.4. The highest BCUT2D eigenvalue weighted by molar-refractivity contribution is 4.53. The van der Waals surface area contributed by atoms with Gasteiger partial charge < -0.3 is 5.11 Å². The summed E-state index contributed by atoms with van der Waals surface area (Å²) in [6.45, 7) is 14.8. The smallest absolute Gasteiger partial charge is 0.0824 e. The molecule has 3 heteroatoms. The van der Waals surface area contributed by atoms with Crippen LogP contribution < -0.4 is 0 Å². The van der Waals surface area contributed by atoms with Gasteiger partial charge >= 0.3 is 0 Å². The molecule has 0 fully saturated rings. The molecule has 0 saturated carbocycles. The molecule has 0 aromatic heterocycles. The second-order valence-corrected chi connectivity index (χ2v) is 6.61. The summed E-state index contributed by atoms with van der Waals surface area (Å²) in [6, 6.07) is 0. The maximum atomic E-state index is 8.75. The Balaban J connectivity index is 0. The van der Waals surface area contributed by atoms with Crippen molar-refractivity contribution in [2.24, 2.45) is 17.8 Å². The van der Waals surface area contributed by atoms with E-state index in [9.17, 15) is 0 Å². The predicted molar refractivity (Wildman–Crippen MR) is 91.2 cm³/mol. The second kappa shape index (κ2) is 17.9. The van der Waals surface area contributed by atoms with Crippen molar-refractivity contribution in [3.05, 3.63) is 0 Å². The van der Waals surface area contributed by atoms with Crippen LogP contribution in [0.1, 0.15) is 80.1 Å². The van der Waals surface area contributed by atoms with Crippen molar-refractivity contribution >= 4 is 0 Å². The molecule has 1 N–H and O–H groups in total. The highest BCUT2D eigenvalue weighted by Crippen LogP contribution is 2.10. The largest absolute Gasteiger partial charge is 0.396 e. The predicted octanol–water partition coefficient (Wildman–Crippen LogP) is 5.22. The van der Waals surface area contributed by atoms with Crippen LogP contribution in [0.3, 0.4) is 0 Å². The SMILES string of the molecule is CC(C)CCOOCCC(C)C.CCCCC(CC)CO. The number of hydrogen-bond acceptors (Lipinski definition) is 3. The molecular weight excluding hydrogens is 264 g/mol. The Bertz CT molecular complexity index is 165. The Morgan fingerprint density at radius 2 is 1.29 bits per heavy atom. The molecule has 0 heterocycles. The maximum absolute atomic E-state index is 8.75. The molecular formula is C18H40O3. The Morgan fingerprint density at radius 3 is 1.57 bits per heavy atom. The molecule has 0 aliphatic heterocycles. The summed E-state index contributed by atoms with van der Waals surface area (Å²) < 4.78 is 0. The first-order valence-electron chi connectivity index (χ1n) is 8.83. The number of rotatable bonds is 12. The Kier molecular flexibility index (Phi) is 19.8. The van der Waals surface area contributed by atoms with Gasteiger partial charge in [-0.1, -0.05) is 60.8 Å². The second-order valence-electron chi connectivity index (χ2n) is 6.61. The summed E-state index contributed by atoms with van der Waals surface area (Å²) in [5.41, 5.74) is 0. The summed E-state index contributed by atoms with van der Waals surface area (Å²) in [5.74, 6) is 1.95. The molecule has 0 amide bonds. The van der Waals surface area contributed by atoms with E-state index in [1.165, 1.54) is 19.3 Å². The van der Waals surface area contributed by atoms with Gasteiger partial charge in [-0.25, -0.2) is 9.78 Å². The van der Waals surface area contributed by atoms with Crippen LogP contribution in [0.4, 0.5) is 0 Å². The van der Waals surface area contributed by atoms with Crippen molar-refractivity contribution in [1.29, 1.82) is 0 Å². The van der Waals surface area contributed by atoms with Crippen LogP contribution in [-0.2, 0) is 9.78 Å². The first kappa shape index (κ1) is 23.2. The van der Waals surface area contributed by atoms with Crippen molar-refractivity contribution < 1.29 is 14.9 Å². The van der Waals surface area contributed by atoms with E-state index < -0.39 is 0 Å². The molecule has 130 valence electrons. The van der Waals surface area contributed by atoms with Gasteiger partial charge in [0, 0.05) is 6.61 Å². The van der Waals surface area contributed by atoms with E-state index in [1.807, 2.05) is 0 Å². The molecule has 0 bridgehead atoms. The lowest BCUT2D eigenvalue weighted by atomic mass is 10.0. The van der Waals surface area contributed by atoms with Crippen molar-refractivity contribution in [3.8, 4) is 0 Å². The molecule has 0 spiro atoms.